The Kier molecular flexibility index (Phi) is 6.66. The zero-order chi connectivity index (χ0) is 23.6. The normalized spacial score (nSPS) is 14.8. The maximum atomic E-state index is 14.4. The zero-order valence-corrected chi connectivity index (χ0v) is 17.8. The monoisotopic (exact) mass is 486 g/mol. The van der Waals surface area contributed by atoms with Crippen LogP contribution in [0.15, 0.2) is 42.6 Å². The van der Waals surface area contributed by atoms with Gasteiger partial charge in [-0.2, -0.15) is 13.2 Å². The minimum Gasteiger partial charge on any atom is -0.485 e. The van der Waals surface area contributed by atoms with Gasteiger partial charge in [0.2, 0.25) is 0 Å². The van der Waals surface area contributed by atoms with Crippen LogP contribution in [0.4, 0.5) is 38.1 Å². The SMILES string of the molecule is O=C(Nc1ccc(OC2CN(CCSC(F)(F)F)C2)c(F)c1)Nc1c[nH]c2ccc(F)cc12. The third kappa shape index (κ3) is 6.08. The zero-order valence-electron chi connectivity index (χ0n) is 17.0. The number of carbonyl (C=O) groups is 1. The number of alkyl halides is 3. The summed E-state index contributed by atoms with van der Waals surface area (Å²) in [5.41, 5.74) is -3.05. The van der Waals surface area contributed by atoms with Crippen molar-refractivity contribution < 1.29 is 31.5 Å². The van der Waals surface area contributed by atoms with Crippen molar-refractivity contribution in [2.45, 2.75) is 11.6 Å². The maximum Gasteiger partial charge on any atom is 0.441 e. The number of carbonyl (C=O) groups excluding carboxylic acids is 1. The summed E-state index contributed by atoms with van der Waals surface area (Å²) in [5, 5.41) is 5.56. The van der Waals surface area contributed by atoms with Gasteiger partial charge < -0.3 is 20.4 Å². The minimum atomic E-state index is -4.25. The fraction of sp³-hybridized carbons (Fsp3) is 0.286. The van der Waals surface area contributed by atoms with Gasteiger partial charge in [0.15, 0.2) is 11.6 Å². The van der Waals surface area contributed by atoms with E-state index in [2.05, 4.69) is 15.6 Å². The summed E-state index contributed by atoms with van der Waals surface area (Å²) in [5.74, 6) is -1.21. The lowest BCUT2D eigenvalue weighted by Gasteiger charge is -2.39. The van der Waals surface area contributed by atoms with Crippen LogP contribution < -0.4 is 15.4 Å². The Hall–Kier alpha value is -2.99. The molecule has 3 N–H and O–H groups in total. The number of fused-ring (bicyclic) bond motifs is 1. The number of likely N-dealkylation sites (tertiary alicyclic amines) is 1. The number of hydrogen-bond acceptors (Lipinski definition) is 4. The van der Waals surface area contributed by atoms with E-state index in [1.54, 1.807) is 11.0 Å². The fourth-order valence-corrected chi connectivity index (χ4v) is 3.99. The van der Waals surface area contributed by atoms with Gasteiger partial charge in [-0.1, -0.05) is 0 Å². The molecule has 1 fully saturated rings. The lowest BCUT2D eigenvalue weighted by Crippen LogP contribution is -2.54. The number of thioether (sulfide) groups is 1. The molecule has 0 radical (unpaired) electrons. The first-order valence-electron chi connectivity index (χ1n) is 9.90. The van der Waals surface area contributed by atoms with E-state index in [1.165, 1.54) is 30.5 Å². The van der Waals surface area contributed by atoms with Crippen LogP contribution in [-0.4, -0.2) is 52.9 Å². The Bertz CT molecular complexity index is 1150. The average molecular weight is 486 g/mol. The molecule has 1 aromatic heterocycles. The van der Waals surface area contributed by atoms with Crippen LogP contribution >= 0.6 is 11.8 Å². The fourth-order valence-electron chi connectivity index (χ4n) is 3.40. The van der Waals surface area contributed by atoms with E-state index in [9.17, 15) is 26.7 Å². The average Bonchev–Trinajstić information content (AvgIpc) is 3.08. The number of H-pyrrole nitrogens is 1. The highest BCUT2D eigenvalue weighted by molar-refractivity contribution is 8.00. The van der Waals surface area contributed by atoms with Crippen molar-refractivity contribution in [2.75, 3.05) is 36.0 Å². The summed E-state index contributed by atoms with van der Waals surface area (Å²) in [7, 11) is 0. The number of benzene rings is 2. The molecule has 1 aliphatic heterocycles. The second-order valence-corrected chi connectivity index (χ2v) is 8.57. The number of amides is 2. The van der Waals surface area contributed by atoms with E-state index >= 15 is 0 Å². The highest BCUT2D eigenvalue weighted by atomic mass is 32.2. The first kappa shape index (κ1) is 23.2. The van der Waals surface area contributed by atoms with Crippen molar-refractivity contribution in [1.82, 2.24) is 9.88 Å². The maximum absolute atomic E-state index is 14.4. The van der Waals surface area contributed by atoms with E-state index in [0.29, 0.717) is 29.7 Å². The van der Waals surface area contributed by atoms with Crippen LogP contribution in [0.3, 0.4) is 0 Å². The lowest BCUT2D eigenvalue weighted by molar-refractivity contribution is -0.0332. The molecule has 2 amide bonds. The Morgan fingerprint density at radius 1 is 1.15 bits per heavy atom. The number of nitrogens with zero attached hydrogens (tertiary/aromatic N) is 1. The Labute approximate surface area is 189 Å². The first-order valence-corrected chi connectivity index (χ1v) is 10.9. The summed E-state index contributed by atoms with van der Waals surface area (Å²) in [6.07, 6.45) is 1.20. The molecule has 176 valence electrons. The number of aromatic amines is 1. The predicted molar refractivity (Wildman–Crippen MR) is 117 cm³/mol. The van der Waals surface area contributed by atoms with Gasteiger partial charge in [0.25, 0.3) is 0 Å². The Morgan fingerprint density at radius 3 is 2.67 bits per heavy atom. The van der Waals surface area contributed by atoms with Crippen molar-refractivity contribution in [3.05, 3.63) is 54.2 Å². The molecule has 1 aliphatic rings. The summed E-state index contributed by atoms with van der Waals surface area (Å²) in [6, 6.07) is 7.41. The van der Waals surface area contributed by atoms with Gasteiger partial charge in [-0.3, -0.25) is 4.90 Å². The summed E-state index contributed by atoms with van der Waals surface area (Å²) in [6.45, 7) is 1.09. The van der Waals surface area contributed by atoms with Crippen LogP contribution in [0, 0.1) is 11.6 Å². The summed E-state index contributed by atoms with van der Waals surface area (Å²) >= 11 is -0.0734. The highest BCUT2D eigenvalue weighted by Gasteiger charge is 2.32. The number of nitrogens with one attached hydrogen (secondary N) is 3. The lowest BCUT2D eigenvalue weighted by atomic mass is 10.1. The second-order valence-electron chi connectivity index (χ2n) is 7.41. The number of anilines is 2. The van der Waals surface area contributed by atoms with Crippen LogP contribution in [0.2, 0.25) is 0 Å². The molecule has 0 spiro atoms. The molecule has 0 saturated carbocycles. The van der Waals surface area contributed by atoms with Crippen LogP contribution in [0.25, 0.3) is 10.9 Å². The van der Waals surface area contributed by atoms with Crippen molar-refractivity contribution in [2.24, 2.45) is 0 Å². The third-order valence-corrected chi connectivity index (χ3v) is 5.69. The van der Waals surface area contributed by atoms with Crippen molar-refractivity contribution in [1.29, 1.82) is 0 Å². The number of rotatable bonds is 7. The summed E-state index contributed by atoms with van der Waals surface area (Å²) < 4.78 is 69.9. The van der Waals surface area contributed by atoms with E-state index in [4.69, 9.17) is 4.74 Å². The number of hydrogen-bond donors (Lipinski definition) is 3. The van der Waals surface area contributed by atoms with Gasteiger partial charge >= 0.3 is 11.5 Å². The molecule has 4 rings (SSSR count). The second kappa shape index (κ2) is 9.48. The third-order valence-electron chi connectivity index (χ3n) is 4.97. The van der Waals surface area contributed by atoms with Gasteiger partial charge in [-0.25, -0.2) is 13.6 Å². The standard InChI is InChI=1S/C21H19F5N4O2S/c22-12-1-3-17-15(7-12)18(9-27-17)29-20(31)28-13-2-4-19(16(23)8-13)32-14-10-30(11-14)5-6-33-21(24,25)26/h1-4,7-9,14,27H,5-6,10-11H2,(H2,28,29,31). The molecule has 0 atom stereocenters. The largest absolute Gasteiger partial charge is 0.485 e. The van der Waals surface area contributed by atoms with Crippen LogP contribution in [0.5, 0.6) is 5.75 Å². The van der Waals surface area contributed by atoms with Crippen molar-refractivity contribution in [3.8, 4) is 5.75 Å². The molecule has 6 nitrogen and oxygen atoms in total. The van der Waals surface area contributed by atoms with Gasteiger partial charge in [-0.15, -0.1) is 0 Å². The van der Waals surface area contributed by atoms with E-state index in [1.807, 2.05) is 0 Å². The molecule has 0 bridgehead atoms. The molecular weight excluding hydrogens is 467 g/mol. The predicted octanol–water partition coefficient (Wildman–Crippen LogP) is 5.41. The van der Waals surface area contributed by atoms with Crippen molar-refractivity contribution >= 4 is 40.1 Å². The van der Waals surface area contributed by atoms with Gasteiger partial charge in [0, 0.05) is 54.2 Å². The number of aromatic nitrogens is 1. The molecule has 2 heterocycles. The minimum absolute atomic E-state index is 0.0117. The van der Waals surface area contributed by atoms with Gasteiger partial charge in [0.05, 0.1) is 5.69 Å². The van der Waals surface area contributed by atoms with E-state index in [-0.39, 0.29) is 41.6 Å². The Balaban J connectivity index is 1.26. The molecule has 33 heavy (non-hydrogen) atoms. The van der Waals surface area contributed by atoms with Crippen LogP contribution in [0.1, 0.15) is 0 Å². The topological polar surface area (TPSA) is 69.4 Å². The van der Waals surface area contributed by atoms with E-state index < -0.39 is 23.2 Å². The molecule has 3 aromatic rings. The molecule has 2 aromatic carbocycles. The number of urea groups is 1. The van der Waals surface area contributed by atoms with Crippen LogP contribution in [-0.2, 0) is 0 Å². The molecule has 0 unspecified atom stereocenters. The molecule has 0 aliphatic carbocycles. The molecule has 1 saturated heterocycles. The van der Waals surface area contributed by atoms with Gasteiger partial charge in [0.1, 0.15) is 11.9 Å². The highest BCUT2D eigenvalue weighted by Crippen LogP contribution is 2.31. The number of halogens is 5. The number of ether oxygens (including phenoxy) is 1. The smallest absolute Gasteiger partial charge is 0.441 e. The Morgan fingerprint density at radius 2 is 1.94 bits per heavy atom. The van der Waals surface area contributed by atoms with Gasteiger partial charge in [-0.05, 0) is 42.1 Å². The molecular formula is C21H19F5N4O2S. The molecule has 12 heteroatoms. The quantitative estimate of drug-likeness (QED) is 0.391. The van der Waals surface area contributed by atoms with E-state index in [0.717, 1.165) is 6.07 Å². The first-order chi connectivity index (χ1) is 15.7. The summed E-state index contributed by atoms with van der Waals surface area (Å²) in [4.78, 5) is 17.0. The van der Waals surface area contributed by atoms with Crippen molar-refractivity contribution in [3.63, 3.8) is 0 Å².